The number of halogens is 2. The normalized spacial score (nSPS) is 11.4. The van der Waals surface area contributed by atoms with Gasteiger partial charge in [-0.15, -0.1) is 0 Å². The highest BCUT2D eigenvalue weighted by atomic mass is 79.9. The lowest BCUT2D eigenvalue weighted by Gasteiger charge is -2.16. The summed E-state index contributed by atoms with van der Waals surface area (Å²) in [5.41, 5.74) is 0.753. The maximum Gasteiger partial charge on any atom is 0.347 e. The zero-order valence-corrected chi connectivity index (χ0v) is 16.9. The van der Waals surface area contributed by atoms with E-state index in [1.807, 2.05) is 0 Å². The third-order valence-corrected chi connectivity index (χ3v) is 4.43. The summed E-state index contributed by atoms with van der Waals surface area (Å²) in [6.45, 7) is 0. The summed E-state index contributed by atoms with van der Waals surface area (Å²) in [6, 6.07) is 11.1. The first kappa shape index (κ1) is 20.9. The second-order valence-electron chi connectivity index (χ2n) is 5.39. The first-order valence-electron chi connectivity index (χ1n) is 7.76. The van der Waals surface area contributed by atoms with E-state index in [0.717, 1.165) is 4.47 Å². The second-order valence-corrected chi connectivity index (χ2v) is 6.71. The molecule has 142 valence electrons. The molecule has 2 rings (SSSR count). The van der Waals surface area contributed by atoms with Crippen molar-refractivity contribution in [1.82, 2.24) is 0 Å². The third kappa shape index (κ3) is 5.55. The molecular weight excluding hydrogens is 440 g/mol. The number of hydrogen-bond acceptors (Lipinski definition) is 6. The van der Waals surface area contributed by atoms with Crippen LogP contribution in [0.25, 0.3) is 0 Å². The van der Waals surface area contributed by atoms with Gasteiger partial charge in [0, 0.05) is 15.6 Å². The van der Waals surface area contributed by atoms with Crippen LogP contribution in [0, 0.1) is 0 Å². The average molecular weight is 456 g/mol. The lowest BCUT2D eigenvalue weighted by Crippen LogP contribution is -2.31. The van der Waals surface area contributed by atoms with E-state index in [9.17, 15) is 14.4 Å². The Balaban J connectivity index is 2.18. The van der Waals surface area contributed by atoms with Gasteiger partial charge in [-0.2, -0.15) is 0 Å². The molecule has 0 fully saturated rings. The Morgan fingerprint density at radius 2 is 1.70 bits per heavy atom. The van der Waals surface area contributed by atoms with Crippen molar-refractivity contribution in [3.8, 4) is 5.75 Å². The molecule has 6 nitrogen and oxygen atoms in total. The number of methoxy groups -OCH3 is 2. The van der Waals surface area contributed by atoms with Crippen molar-refractivity contribution in [2.45, 2.75) is 12.5 Å². The van der Waals surface area contributed by atoms with Gasteiger partial charge >= 0.3 is 11.9 Å². The Morgan fingerprint density at radius 1 is 1.04 bits per heavy atom. The molecule has 0 amide bonds. The topological polar surface area (TPSA) is 78.9 Å². The van der Waals surface area contributed by atoms with Crippen LogP contribution >= 0.6 is 27.5 Å². The van der Waals surface area contributed by atoms with Crippen LogP contribution in [0.2, 0.25) is 5.02 Å². The summed E-state index contributed by atoms with van der Waals surface area (Å²) in [5, 5.41) is 0.340. The molecule has 0 N–H and O–H groups in total. The Labute approximate surface area is 169 Å². The molecule has 8 heteroatoms. The average Bonchev–Trinajstić information content (AvgIpc) is 2.68. The minimum absolute atomic E-state index is 0.257. The SMILES string of the molecule is COC(=O)C[C@H](Oc1ccc(C(=O)c2cc(Br)ccc2Cl)cc1)C(=O)OC. The minimum Gasteiger partial charge on any atom is -0.478 e. The van der Waals surface area contributed by atoms with E-state index in [1.165, 1.54) is 26.4 Å². The number of esters is 2. The van der Waals surface area contributed by atoms with Crippen molar-refractivity contribution in [1.29, 1.82) is 0 Å². The maximum absolute atomic E-state index is 12.6. The van der Waals surface area contributed by atoms with E-state index in [-0.39, 0.29) is 12.2 Å². The van der Waals surface area contributed by atoms with Crippen molar-refractivity contribution < 1.29 is 28.6 Å². The van der Waals surface area contributed by atoms with Gasteiger partial charge in [-0.05, 0) is 42.5 Å². The molecule has 0 aliphatic heterocycles. The number of benzene rings is 2. The monoisotopic (exact) mass is 454 g/mol. The lowest BCUT2D eigenvalue weighted by molar-refractivity contribution is -0.155. The van der Waals surface area contributed by atoms with Crippen molar-refractivity contribution in [2.24, 2.45) is 0 Å². The molecule has 0 unspecified atom stereocenters. The highest BCUT2D eigenvalue weighted by Crippen LogP contribution is 2.25. The summed E-state index contributed by atoms with van der Waals surface area (Å²) < 4.78 is 15.4. The number of carbonyl (C=O) groups is 3. The maximum atomic E-state index is 12.6. The summed E-state index contributed by atoms with van der Waals surface area (Å²) in [5.74, 6) is -1.28. The molecule has 0 aliphatic rings. The number of carbonyl (C=O) groups excluding carboxylic acids is 3. The van der Waals surface area contributed by atoms with E-state index < -0.39 is 18.0 Å². The molecule has 0 aliphatic carbocycles. The number of ether oxygens (including phenoxy) is 3. The molecule has 0 radical (unpaired) electrons. The molecular formula is C19H16BrClO6. The zero-order chi connectivity index (χ0) is 20.0. The first-order chi connectivity index (χ1) is 12.8. The van der Waals surface area contributed by atoms with Crippen molar-refractivity contribution >= 4 is 45.3 Å². The van der Waals surface area contributed by atoms with E-state index >= 15 is 0 Å². The van der Waals surface area contributed by atoms with Crippen LogP contribution in [-0.2, 0) is 19.1 Å². The van der Waals surface area contributed by atoms with Gasteiger partial charge in [0.25, 0.3) is 0 Å². The molecule has 2 aromatic rings. The molecule has 0 saturated carbocycles. The Bertz CT molecular complexity index is 850. The Hall–Kier alpha value is -2.38. The minimum atomic E-state index is -1.15. The van der Waals surface area contributed by atoms with Crippen molar-refractivity contribution in [3.05, 3.63) is 63.1 Å². The molecule has 0 spiro atoms. The molecule has 2 aromatic carbocycles. The van der Waals surface area contributed by atoms with Gasteiger partial charge in [0.1, 0.15) is 5.75 Å². The fourth-order valence-electron chi connectivity index (χ4n) is 2.22. The van der Waals surface area contributed by atoms with Crippen molar-refractivity contribution in [3.63, 3.8) is 0 Å². The smallest absolute Gasteiger partial charge is 0.347 e. The van der Waals surface area contributed by atoms with E-state index in [0.29, 0.717) is 21.9 Å². The largest absolute Gasteiger partial charge is 0.478 e. The first-order valence-corrected chi connectivity index (χ1v) is 8.94. The van der Waals surface area contributed by atoms with E-state index in [1.54, 1.807) is 30.3 Å². The number of hydrogen-bond donors (Lipinski definition) is 0. The predicted octanol–water partition coefficient (Wildman–Crippen LogP) is 3.82. The standard InChI is InChI=1S/C19H16BrClO6/c1-25-17(22)10-16(19(24)26-2)27-13-6-3-11(4-7-13)18(23)14-9-12(20)5-8-15(14)21/h3-9,16H,10H2,1-2H3/t16-/m0/s1. The van der Waals surface area contributed by atoms with Gasteiger partial charge in [0.2, 0.25) is 6.10 Å². The predicted molar refractivity (Wildman–Crippen MR) is 102 cm³/mol. The fourth-order valence-corrected chi connectivity index (χ4v) is 2.78. The van der Waals surface area contributed by atoms with Crippen molar-refractivity contribution in [2.75, 3.05) is 14.2 Å². The highest BCUT2D eigenvalue weighted by Gasteiger charge is 2.25. The fraction of sp³-hybridized carbons (Fsp3) is 0.211. The summed E-state index contributed by atoms with van der Waals surface area (Å²) in [4.78, 5) is 35.8. The Kier molecular flexibility index (Phi) is 7.38. The van der Waals surface area contributed by atoms with Crippen LogP contribution in [0.3, 0.4) is 0 Å². The number of ketones is 1. The van der Waals surface area contributed by atoms with E-state index in [2.05, 4.69) is 25.4 Å². The zero-order valence-electron chi connectivity index (χ0n) is 14.5. The number of rotatable bonds is 7. The van der Waals surface area contributed by atoms with Gasteiger partial charge in [-0.1, -0.05) is 27.5 Å². The lowest BCUT2D eigenvalue weighted by atomic mass is 10.0. The Morgan fingerprint density at radius 3 is 2.30 bits per heavy atom. The molecule has 0 bridgehead atoms. The van der Waals surface area contributed by atoms with Crippen LogP contribution in [0.1, 0.15) is 22.3 Å². The van der Waals surface area contributed by atoms with Gasteiger partial charge < -0.3 is 14.2 Å². The highest BCUT2D eigenvalue weighted by molar-refractivity contribution is 9.10. The van der Waals surface area contributed by atoms with Gasteiger partial charge in [-0.25, -0.2) is 4.79 Å². The van der Waals surface area contributed by atoms with Gasteiger partial charge in [0.05, 0.1) is 25.7 Å². The van der Waals surface area contributed by atoms with Crippen LogP contribution in [0.15, 0.2) is 46.9 Å². The third-order valence-electron chi connectivity index (χ3n) is 3.61. The molecule has 0 heterocycles. The summed E-state index contributed by atoms with van der Waals surface area (Å²) in [6.07, 6.45) is -1.44. The van der Waals surface area contributed by atoms with Crippen LogP contribution in [-0.4, -0.2) is 38.0 Å². The van der Waals surface area contributed by atoms with Gasteiger partial charge in [-0.3, -0.25) is 9.59 Å². The summed E-state index contributed by atoms with van der Waals surface area (Å²) in [7, 11) is 2.41. The van der Waals surface area contributed by atoms with E-state index in [4.69, 9.17) is 16.3 Å². The van der Waals surface area contributed by atoms with Gasteiger partial charge in [0.15, 0.2) is 5.78 Å². The molecule has 1 atom stereocenters. The quantitative estimate of drug-likeness (QED) is 0.466. The van der Waals surface area contributed by atoms with Crippen LogP contribution < -0.4 is 4.74 Å². The molecule has 27 heavy (non-hydrogen) atoms. The molecule has 0 saturated heterocycles. The second kappa shape index (κ2) is 9.53. The van der Waals surface area contributed by atoms with Crippen LogP contribution in [0.4, 0.5) is 0 Å². The molecule has 0 aromatic heterocycles. The van der Waals surface area contributed by atoms with Crippen LogP contribution in [0.5, 0.6) is 5.75 Å². The summed E-state index contributed by atoms with van der Waals surface area (Å²) >= 11 is 9.40.